The average Bonchev–Trinajstić information content (AvgIpc) is 2.56. The molecular formula is C14H14Si. The molecule has 2 aromatic carbocycles. The number of fused-ring (bicyclic) bond motifs is 3. The largest absolute Gasteiger partial charge is 0.0689 e. The molecule has 0 radical (unpaired) electrons. The Kier molecular flexibility index (Phi) is 1.83. The van der Waals surface area contributed by atoms with Crippen molar-refractivity contribution in [2.45, 2.75) is 12.5 Å². The Balaban J connectivity index is 2.41. The SMILES string of the molecule is CC1=Cc2c(ccc3ccccc23)C1[SiH3]. The van der Waals surface area contributed by atoms with Gasteiger partial charge in [0, 0.05) is 10.2 Å². The van der Waals surface area contributed by atoms with Crippen LogP contribution in [0.3, 0.4) is 0 Å². The molecule has 0 bridgehead atoms. The normalized spacial score (nSPS) is 19.3. The van der Waals surface area contributed by atoms with Crippen LogP contribution in [0.5, 0.6) is 0 Å². The summed E-state index contributed by atoms with van der Waals surface area (Å²) in [4.78, 5) is 0. The van der Waals surface area contributed by atoms with Crippen molar-refractivity contribution < 1.29 is 0 Å². The number of rotatable bonds is 0. The highest BCUT2D eigenvalue weighted by Crippen LogP contribution is 2.37. The van der Waals surface area contributed by atoms with Crippen LogP contribution in [-0.4, -0.2) is 10.2 Å². The first-order valence-corrected chi connectivity index (χ1v) is 6.62. The molecule has 1 atom stereocenters. The van der Waals surface area contributed by atoms with E-state index in [0.717, 1.165) is 5.54 Å². The standard InChI is InChI=1S/C14H14Si/c1-9-8-13-11-5-3-2-4-10(11)6-7-12(13)14(9)15/h2-8,14H,1,15H3. The first-order chi connectivity index (χ1) is 7.27. The zero-order chi connectivity index (χ0) is 10.4. The molecule has 0 aliphatic heterocycles. The lowest BCUT2D eigenvalue weighted by Crippen LogP contribution is -1.95. The molecule has 0 aromatic heterocycles. The van der Waals surface area contributed by atoms with Crippen molar-refractivity contribution in [2.24, 2.45) is 0 Å². The number of allylic oxidation sites excluding steroid dienone is 1. The molecule has 0 nitrogen and oxygen atoms in total. The van der Waals surface area contributed by atoms with Crippen molar-refractivity contribution in [1.82, 2.24) is 0 Å². The third kappa shape index (κ3) is 1.20. The fourth-order valence-electron chi connectivity index (χ4n) is 2.45. The third-order valence-electron chi connectivity index (χ3n) is 3.53. The maximum atomic E-state index is 2.37. The summed E-state index contributed by atoms with van der Waals surface area (Å²) in [6.07, 6.45) is 2.37. The molecule has 15 heavy (non-hydrogen) atoms. The topological polar surface area (TPSA) is 0 Å². The second kappa shape index (κ2) is 3.07. The summed E-state index contributed by atoms with van der Waals surface area (Å²) in [5.41, 5.74) is 5.26. The second-order valence-electron chi connectivity index (χ2n) is 4.40. The highest BCUT2D eigenvalue weighted by Gasteiger charge is 2.19. The Morgan fingerprint density at radius 3 is 2.73 bits per heavy atom. The highest BCUT2D eigenvalue weighted by atomic mass is 28.1. The number of benzene rings is 2. The Morgan fingerprint density at radius 2 is 1.87 bits per heavy atom. The molecule has 0 spiro atoms. The maximum Gasteiger partial charge on any atom is 0.0174 e. The quantitative estimate of drug-likeness (QED) is 0.586. The predicted molar refractivity (Wildman–Crippen MR) is 70.3 cm³/mol. The van der Waals surface area contributed by atoms with Gasteiger partial charge in [-0.1, -0.05) is 48.0 Å². The van der Waals surface area contributed by atoms with Crippen molar-refractivity contribution in [1.29, 1.82) is 0 Å². The van der Waals surface area contributed by atoms with E-state index < -0.39 is 0 Å². The lowest BCUT2D eigenvalue weighted by atomic mass is 10.0. The molecule has 0 N–H and O–H groups in total. The summed E-state index contributed by atoms with van der Waals surface area (Å²) in [6, 6.07) is 13.2. The molecule has 0 fully saturated rings. The lowest BCUT2D eigenvalue weighted by Gasteiger charge is -2.08. The van der Waals surface area contributed by atoms with E-state index in [0.29, 0.717) is 0 Å². The van der Waals surface area contributed by atoms with Gasteiger partial charge in [-0.05, 0) is 34.4 Å². The van der Waals surface area contributed by atoms with Gasteiger partial charge in [-0.25, -0.2) is 0 Å². The molecule has 0 saturated carbocycles. The van der Waals surface area contributed by atoms with Crippen molar-refractivity contribution in [3.63, 3.8) is 0 Å². The molecule has 3 rings (SSSR count). The summed E-state index contributed by atoms with van der Waals surface area (Å²) in [5, 5.41) is 2.77. The fraction of sp³-hybridized carbons (Fsp3) is 0.143. The summed E-state index contributed by atoms with van der Waals surface area (Å²) in [7, 11) is 1.22. The molecule has 1 aliphatic carbocycles. The first kappa shape index (κ1) is 8.92. The van der Waals surface area contributed by atoms with Crippen LogP contribution in [0, 0.1) is 0 Å². The molecule has 2 aromatic rings. The smallest absolute Gasteiger partial charge is 0.0174 e. The van der Waals surface area contributed by atoms with Gasteiger partial charge in [0.05, 0.1) is 0 Å². The van der Waals surface area contributed by atoms with Gasteiger partial charge in [0.15, 0.2) is 0 Å². The zero-order valence-corrected chi connectivity index (χ0v) is 11.1. The van der Waals surface area contributed by atoms with Gasteiger partial charge in [0.2, 0.25) is 0 Å². The summed E-state index contributed by atoms with van der Waals surface area (Å²) >= 11 is 0. The summed E-state index contributed by atoms with van der Waals surface area (Å²) < 4.78 is 0. The average molecular weight is 210 g/mol. The molecule has 0 amide bonds. The Bertz CT molecular complexity index is 567. The van der Waals surface area contributed by atoms with Crippen molar-refractivity contribution in [2.75, 3.05) is 0 Å². The van der Waals surface area contributed by atoms with E-state index in [4.69, 9.17) is 0 Å². The van der Waals surface area contributed by atoms with E-state index in [-0.39, 0.29) is 0 Å². The maximum absolute atomic E-state index is 2.37. The van der Waals surface area contributed by atoms with Crippen LogP contribution in [0.4, 0.5) is 0 Å². The monoisotopic (exact) mass is 210 g/mol. The Morgan fingerprint density at radius 1 is 1.07 bits per heavy atom. The minimum atomic E-state index is 0.726. The van der Waals surface area contributed by atoms with Gasteiger partial charge in [-0.15, -0.1) is 0 Å². The van der Waals surface area contributed by atoms with Gasteiger partial charge in [-0.2, -0.15) is 0 Å². The van der Waals surface area contributed by atoms with Crippen molar-refractivity contribution in [3.05, 3.63) is 53.1 Å². The van der Waals surface area contributed by atoms with E-state index in [1.807, 2.05) is 0 Å². The highest BCUT2D eigenvalue weighted by molar-refractivity contribution is 6.17. The molecular weight excluding hydrogens is 196 g/mol. The Hall–Kier alpha value is -1.34. The second-order valence-corrected chi connectivity index (χ2v) is 5.55. The van der Waals surface area contributed by atoms with E-state index in [9.17, 15) is 0 Å². The molecule has 74 valence electrons. The minimum absolute atomic E-state index is 0.726. The number of hydrogen-bond donors (Lipinski definition) is 0. The van der Waals surface area contributed by atoms with E-state index in [2.05, 4.69) is 49.4 Å². The lowest BCUT2D eigenvalue weighted by molar-refractivity contribution is 1.14. The van der Waals surface area contributed by atoms with Crippen LogP contribution in [-0.2, 0) is 0 Å². The first-order valence-electron chi connectivity index (χ1n) is 5.47. The van der Waals surface area contributed by atoms with Crippen LogP contribution in [0.15, 0.2) is 42.0 Å². The fourth-order valence-corrected chi connectivity index (χ4v) is 3.12. The van der Waals surface area contributed by atoms with Crippen molar-refractivity contribution in [3.8, 4) is 0 Å². The number of hydrogen-bond acceptors (Lipinski definition) is 0. The Labute approximate surface area is 93.0 Å². The van der Waals surface area contributed by atoms with E-state index in [1.54, 1.807) is 0 Å². The molecule has 1 unspecified atom stereocenters. The van der Waals surface area contributed by atoms with E-state index >= 15 is 0 Å². The van der Waals surface area contributed by atoms with Gasteiger partial charge in [0.25, 0.3) is 0 Å². The summed E-state index contributed by atoms with van der Waals surface area (Å²) in [6.45, 7) is 2.26. The van der Waals surface area contributed by atoms with Gasteiger partial charge in [-0.3, -0.25) is 0 Å². The third-order valence-corrected chi connectivity index (χ3v) is 5.06. The molecule has 1 aliphatic rings. The molecule has 0 heterocycles. The van der Waals surface area contributed by atoms with Crippen LogP contribution in [0.2, 0.25) is 0 Å². The summed E-state index contributed by atoms with van der Waals surface area (Å²) in [5.74, 6) is 0. The van der Waals surface area contributed by atoms with Crippen LogP contribution in [0.1, 0.15) is 23.6 Å². The van der Waals surface area contributed by atoms with Crippen LogP contribution < -0.4 is 0 Å². The minimum Gasteiger partial charge on any atom is -0.0689 e. The van der Waals surface area contributed by atoms with Crippen LogP contribution >= 0.6 is 0 Å². The molecule has 1 heteroatoms. The van der Waals surface area contributed by atoms with Crippen LogP contribution in [0.25, 0.3) is 16.8 Å². The van der Waals surface area contributed by atoms with E-state index in [1.165, 1.54) is 37.7 Å². The van der Waals surface area contributed by atoms with Gasteiger partial charge < -0.3 is 0 Å². The van der Waals surface area contributed by atoms with Crippen molar-refractivity contribution >= 4 is 27.1 Å². The predicted octanol–water partition coefficient (Wildman–Crippen LogP) is 2.66. The van der Waals surface area contributed by atoms with Gasteiger partial charge >= 0.3 is 0 Å². The molecule has 0 saturated heterocycles. The zero-order valence-electron chi connectivity index (χ0n) is 9.12. The van der Waals surface area contributed by atoms with Gasteiger partial charge in [0.1, 0.15) is 0 Å².